The number of Topliss-reactive ketones (excluding diaryl/α,β-unsaturated/α-hetero) is 1. The van der Waals surface area contributed by atoms with E-state index < -0.39 is 0 Å². The van der Waals surface area contributed by atoms with Crippen LogP contribution in [0.15, 0.2) is 0 Å². The monoisotopic (exact) mass is 156 g/mol. The Morgan fingerprint density at radius 3 is 2.55 bits per heavy atom. The summed E-state index contributed by atoms with van der Waals surface area (Å²) in [6.45, 7) is 3.66. The van der Waals surface area contributed by atoms with E-state index in [1.54, 1.807) is 6.92 Å². The lowest BCUT2D eigenvalue weighted by molar-refractivity contribution is -0.123. The highest BCUT2D eigenvalue weighted by molar-refractivity contribution is 5.78. The van der Waals surface area contributed by atoms with Gasteiger partial charge < -0.3 is 5.11 Å². The summed E-state index contributed by atoms with van der Waals surface area (Å²) in [4.78, 5) is 10.9. The molecule has 1 fully saturated rings. The molecule has 1 aliphatic carbocycles. The Morgan fingerprint density at radius 2 is 2.09 bits per heavy atom. The van der Waals surface area contributed by atoms with Crippen LogP contribution in [0.3, 0.4) is 0 Å². The Balaban J connectivity index is 2.46. The average Bonchev–Trinajstić information content (AvgIpc) is 1.94. The Bertz CT molecular complexity index is 154. The molecule has 0 amide bonds. The van der Waals surface area contributed by atoms with Gasteiger partial charge in [0, 0.05) is 5.92 Å². The molecule has 0 aliphatic heterocycles. The number of aliphatic hydroxyl groups is 1. The summed E-state index contributed by atoms with van der Waals surface area (Å²) in [7, 11) is 0. The fourth-order valence-electron chi connectivity index (χ4n) is 1.67. The highest BCUT2D eigenvalue weighted by atomic mass is 16.3. The molecule has 1 aliphatic rings. The minimum absolute atomic E-state index is 0.126. The van der Waals surface area contributed by atoms with Gasteiger partial charge in [0.05, 0.1) is 6.10 Å². The lowest BCUT2D eigenvalue weighted by Gasteiger charge is -2.29. The molecule has 1 N–H and O–H groups in total. The zero-order valence-corrected chi connectivity index (χ0v) is 7.21. The Morgan fingerprint density at radius 1 is 1.45 bits per heavy atom. The van der Waals surface area contributed by atoms with Gasteiger partial charge in [0.15, 0.2) is 0 Å². The van der Waals surface area contributed by atoms with Crippen LogP contribution in [0.5, 0.6) is 0 Å². The summed E-state index contributed by atoms with van der Waals surface area (Å²) in [6.07, 6.45) is 2.38. The quantitative estimate of drug-likeness (QED) is 0.622. The molecule has 2 unspecified atom stereocenters. The van der Waals surface area contributed by atoms with Crippen LogP contribution in [0.25, 0.3) is 0 Å². The van der Waals surface area contributed by atoms with Crippen LogP contribution in [0.4, 0.5) is 0 Å². The summed E-state index contributed by atoms with van der Waals surface area (Å²) < 4.78 is 0. The fraction of sp³-hybridized carbons (Fsp3) is 0.889. The van der Waals surface area contributed by atoms with Crippen LogP contribution in [-0.4, -0.2) is 17.0 Å². The molecule has 0 saturated heterocycles. The fourth-order valence-corrected chi connectivity index (χ4v) is 1.67. The molecule has 64 valence electrons. The Kier molecular flexibility index (Phi) is 2.66. The van der Waals surface area contributed by atoms with Crippen molar-refractivity contribution in [2.75, 3.05) is 0 Å². The van der Waals surface area contributed by atoms with Gasteiger partial charge in [-0.15, -0.1) is 0 Å². The van der Waals surface area contributed by atoms with E-state index in [1.807, 2.05) is 6.92 Å². The van der Waals surface area contributed by atoms with Crippen molar-refractivity contribution in [2.24, 2.45) is 11.8 Å². The smallest absolute Gasteiger partial charge is 0.133 e. The second-order valence-corrected chi connectivity index (χ2v) is 3.67. The molecule has 0 heterocycles. The van der Waals surface area contributed by atoms with Gasteiger partial charge in [0.2, 0.25) is 0 Å². The lowest BCUT2D eigenvalue weighted by atomic mass is 9.79. The van der Waals surface area contributed by atoms with Gasteiger partial charge in [-0.1, -0.05) is 6.92 Å². The van der Waals surface area contributed by atoms with E-state index in [-0.39, 0.29) is 17.8 Å². The third-order valence-electron chi connectivity index (χ3n) is 2.73. The maximum atomic E-state index is 10.9. The lowest BCUT2D eigenvalue weighted by Crippen LogP contribution is -2.30. The van der Waals surface area contributed by atoms with Crippen LogP contribution >= 0.6 is 0 Å². The summed E-state index contributed by atoms with van der Waals surface area (Å²) in [5.41, 5.74) is 0. The summed E-state index contributed by atoms with van der Waals surface area (Å²) in [5.74, 6) is 0.739. The minimum atomic E-state index is -0.252. The van der Waals surface area contributed by atoms with E-state index >= 15 is 0 Å². The molecule has 0 aromatic carbocycles. The molecule has 1 saturated carbocycles. The van der Waals surface area contributed by atoms with Crippen molar-refractivity contribution in [1.82, 2.24) is 0 Å². The van der Waals surface area contributed by atoms with E-state index in [4.69, 9.17) is 0 Å². The molecule has 0 aromatic rings. The number of ketones is 1. The first-order valence-corrected chi connectivity index (χ1v) is 4.29. The molecule has 3 atom stereocenters. The van der Waals surface area contributed by atoms with E-state index in [0.717, 1.165) is 12.8 Å². The predicted molar refractivity (Wildman–Crippen MR) is 43.2 cm³/mol. The van der Waals surface area contributed by atoms with E-state index in [2.05, 4.69) is 0 Å². The molecule has 2 nitrogen and oxygen atoms in total. The molecule has 11 heavy (non-hydrogen) atoms. The molecular formula is C9H16O2. The summed E-state index contributed by atoms with van der Waals surface area (Å²) in [6, 6.07) is 0. The maximum Gasteiger partial charge on any atom is 0.133 e. The van der Waals surface area contributed by atoms with Gasteiger partial charge in [0.1, 0.15) is 5.78 Å². The molecule has 0 radical (unpaired) electrons. The van der Waals surface area contributed by atoms with Crippen molar-refractivity contribution in [3.8, 4) is 0 Å². The summed E-state index contributed by atoms with van der Waals surface area (Å²) >= 11 is 0. The van der Waals surface area contributed by atoms with Crippen molar-refractivity contribution >= 4 is 5.78 Å². The first-order valence-electron chi connectivity index (χ1n) is 4.29. The first-order chi connectivity index (χ1) is 5.11. The second kappa shape index (κ2) is 3.35. The molecule has 0 aromatic heterocycles. The zero-order valence-electron chi connectivity index (χ0n) is 7.21. The standard InChI is InChI=1S/C9H16O2/c1-6-3-4-8(7(2)10)5-9(6)11/h6,8-9,11H,3-5H2,1-2H3/t6-,8?,9?/m1/s1. The number of carbonyl (C=O) groups is 1. The number of hydrogen-bond donors (Lipinski definition) is 1. The average molecular weight is 156 g/mol. The zero-order chi connectivity index (χ0) is 8.43. The summed E-state index contributed by atoms with van der Waals surface area (Å²) in [5, 5.41) is 9.44. The minimum Gasteiger partial charge on any atom is -0.393 e. The number of hydrogen-bond acceptors (Lipinski definition) is 2. The highest BCUT2D eigenvalue weighted by Crippen LogP contribution is 2.28. The maximum absolute atomic E-state index is 10.9. The largest absolute Gasteiger partial charge is 0.393 e. The van der Waals surface area contributed by atoms with Crippen molar-refractivity contribution in [3.63, 3.8) is 0 Å². The van der Waals surface area contributed by atoms with E-state index in [1.165, 1.54) is 0 Å². The van der Waals surface area contributed by atoms with Crippen molar-refractivity contribution in [2.45, 2.75) is 39.2 Å². The molecule has 1 rings (SSSR count). The van der Waals surface area contributed by atoms with Gasteiger partial charge in [-0.2, -0.15) is 0 Å². The van der Waals surface area contributed by atoms with Gasteiger partial charge in [-0.3, -0.25) is 4.79 Å². The topological polar surface area (TPSA) is 37.3 Å². The predicted octanol–water partition coefficient (Wildman–Crippen LogP) is 1.37. The SMILES string of the molecule is CC(=O)C1CC[C@@H](C)C(O)C1. The Hall–Kier alpha value is -0.370. The number of aliphatic hydroxyl groups excluding tert-OH is 1. The van der Waals surface area contributed by atoms with E-state index in [0.29, 0.717) is 12.3 Å². The van der Waals surface area contributed by atoms with Crippen molar-refractivity contribution in [1.29, 1.82) is 0 Å². The van der Waals surface area contributed by atoms with Gasteiger partial charge >= 0.3 is 0 Å². The number of carbonyl (C=O) groups excluding carboxylic acids is 1. The third kappa shape index (κ3) is 2.03. The van der Waals surface area contributed by atoms with Gasteiger partial charge in [-0.05, 0) is 32.1 Å². The van der Waals surface area contributed by atoms with Crippen LogP contribution < -0.4 is 0 Å². The van der Waals surface area contributed by atoms with Crippen LogP contribution in [0, 0.1) is 11.8 Å². The van der Waals surface area contributed by atoms with Crippen LogP contribution in [0.2, 0.25) is 0 Å². The third-order valence-corrected chi connectivity index (χ3v) is 2.73. The second-order valence-electron chi connectivity index (χ2n) is 3.67. The van der Waals surface area contributed by atoms with Crippen molar-refractivity contribution in [3.05, 3.63) is 0 Å². The van der Waals surface area contributed by atoms with Crippen molar-refractivity contribution < 1.29 is 9.90 Å². The van der Waals surface area contributed by atoms with Crippen LogP contribution in [0.1, 0.15) is 33.1 Å². The molecule has 0 spiro atoms. The Labute approximate surface area is 67.6 Å². The van der Waals surface area contributed by atoms with Gasteiger partial charge in [0.25, 0.3) is 0 Å². The van der Waals surface area contributed by atoms with Gasteiger partial charge in [-0.25, -0.2) is 0 Å². The highest BCUT2D eigenvalue weighted by Gasteiger charge is 2.28. The number of rotatable bonds is 1. The van der Waals surface area contributed by atoms with Crippen LogP contribution in [-0.2, 0) is 4.79 Å². The molecular weight excluding hydrogens is 140 g/mol. The molecule has 0 bridgehead atoms. The molecule has 2 heteroatoms. The van der Waals surface area contributed by atoms with E-state index in [9.17, 15) is 9.90 Å². The normalized spacial score (nSPS) is 38.6. The first kappa shape index (κ1) is 8.72.